The molecule has 2 rings (SSSR count). The number of rotatable bonds is 11. The first kappa shape index (κ1) is 21.6. The van der Waals surface area contributed by atoms with Gasteiger partial charge in [0.25, 0.3) is 0 Å². The number of hydrogen-bond acceptors (Lipinski definition) is 4. The van der Waals surface area contributed by atoms with Gasteiger partial charge in [0, 0.05) is 10.4 Å². The average molecular weight is 407 g/mol. The van der Waals surface area contributed by atoms with E-state index in [0.717, 1.165) is 17.7 Å². The summed E-state index contributed by atoms with van der Waals surface area (Å²) in [6, 6.07) is 8.84. The third kappa shape index (κ3) is 6.45. The maximum Gasteiger partial charge on any atom is 0.238 e. The first-order chi connectivity index (χ1) is 13.1. The lowest BCUT2D eigenvalue weighted by molar-refractivity contribution is -0.114. The van der Waals surface area contributed by atoms with Crippen LogP contribution in [0.5, 0.6) is 0 Å². The van der Waals surface area contributed by atoms with Gasteiger partial charge in [0.2, 0.25) is 5.91 Å². The fraction of sp³-hybridized carbons (Fsp3) is 0.429. The number of thiophene rings is 1. The lowest BCUT2D eigenvalue weighted by Crippen LogP contribution is -2.22. The first-order valence-electron chi connectivity index (χ1n) is 9.48. The van der Waals surface area contributed by atoms with E-state index in [1.165, 1.54) is 43.4 Å². The minimum Gasteiger partial charge on any atom is -0.322 e. The molecular weight excluding hydrogens is 380 g/mol. The highest BCUT2D eigenvalue weighted by Gasteiger charge is 2.20. The van der Waals surface area contributed by atoms with Gasteiger partial charge < -0.3 is 11.1 Å². The molecule has 1 aromatic heterocycles. The summed E-state index contributed by atoms with van der Waals surface area (Å²) in [4.78, 5) is 25.8. The second-order valence-corrected chi connectivity index (χ2v) is 8.08. The van der Waals surface area contributed by atoms with Gasteiger partial charge in [-0.1, -0.05) is 62.8 Å². The fourth-order valence-electron chi connectivity index (χ4n) is 2.87. The van der Waals surface area contributed by atoms with Crippen molar-refractivity contribution in [3.63, 3.8) is 0 Å². The van der Waals surface area contributed by atoms with E-state index in [4.69, 9.17) is 17.3 Å². The molecule has 1 aromatic carbocycles. The Bertz CT molecular complexity index is 773. The van der Waals surface area contributed by atoms with Gasteiger partial charge >= 0.3 is 0 Å². The molecule has 6 heteroatoms. The van der Waals surface area contributed by atoms with Gasteiger partial charge in [-0.15, -0.1) is 11.3 Å². The van der Waals surface area contributed by atoms with Crippen molar-refractivity contribution in [2.75, 3.05) is 11.9 Å². The second-order valence-electron chi connectivity index (χ2n) is 6.53. The van der Waals surface area contributed by atoms with Crippen molar-refractivity contribution in [2.45, 2.75) is 51.9 Å². The van der Waals surface area contributed by atoms with Crippen molar-refractivity contribution < 1.29 is 9.59 Å². The van der Waals surface area contributed by atoms with E-state index >= 15 is 0 Å². The number of hydrogen-bond donors (Lipinski definition) is 2. The molecule has 0 saturated carbocycles. The number of ketones is 1. The fourth-order valence-corrected chi connectivity index (χ4v) is 4.21. The zero-order valence-electron chi connectivity index (χ0n) is 15.7. The summed E-state index contributed by atoms with van der Waals surface area (Å²) in [5.41, 5.74) is 6.33. The van der Waals surface area contributed by atoms with E-state index in [-0.39, 0.29) is 18.2 Å². The van der Waals surface area contributed by atoms with E-state index in [0.29, 0.717) is 21.2 Å². The normalized spacial score (nSPS) is 10.8. The largest absolute Gasteiger partial charge is 0.322 e. The second kappa shape index (κ2) is 11.2. The standard InChI is InChI=1S/C21H27ClN2O2S/c1-2-3-4-5-6-7-10-15-13-17(21(27-15)24-19(25)14-23)20(26)16-11-8-9-12-18(16)22/h8-9,11-13H,2-7,10,14,23H2,1H3,(H,24,25). The number of carbonyl (C=O) groups excluding carboxylic acids is 2. The van der Waals surface area contributed by atoms with Crippen molar-refractivity contribution in [1.82, 2.24) is 0 Å². The number of benzene rings is 1. The van der Waals surface area contributed by atoms with E-state index in [2.05, 4.69) is 12.2 Å². The maximum atomic E-state index is 13.0. The zero-order valence-corrected chi connectivity index (χ0v) is 17.3. The molecule has 27 heavy (non-hydrogen) atoms. The molecule has 2 aromatic rings. The molecule has 4 nitrogen and oxygen atoms in total. The Morgan fingerprint density at radius 2 is 1.78 bits per heavy atom. The van der Waals surface area contributed by atoms with Crippen LogP contribution >= 0.6 is 22.9 Å². The Labute approximate surface area is 170 Å². The van der Waals surface area contributed by atoms with Crippen LogP contribution in [0.15, 0.2) is 30.3 Å². The molecule has 0 radical (unpaired) electrons. The number of aryl methyl sites for hydroxylation is 1. The Morgan fingerprint density at radius 1 is 1.07 bits per heavy atom. The number of nitrogens with two attached hydrogens (primary N) is 1. The molecule has 0 spiro atoms. The summed E-state index contributed by atoms with van der Waals surface area (Å²) in [5, 5.41) is 3.72. The monoisotopic (exact) mass is 406 g/mol. The Balaban J connectivity index is 2.14. The molecule has 0 aliphatic carbocycles. The molecular formula is C21H27ClN2O2S. The summed E-state index contributed by atoms with van der Waals surface area (Å²) in [6.07, 6.45) is 8.19. The van der Waals surface area contributed by atoms with Crippen LogP contribution in [0.25, 0.3) is 0 Å². The minimum absolute atomic E-state index is 0.121. The van der Waals surface area contributed by atoms with Crippen LogP contribution in [0.2, 0.25) is 5.02 Å². The highest BCUT2D eigenvalue weighted by atomic mass is 35.5. The lowest BCUT2D eigenvalue weighted by Gasteiger charge is -2.05. The van der Waals surface area contributed by atoms with Crippen LogP contribution in [0.3, 0.4) is 0 Å². The van der Waals surface area contributed by atoms with Crippen molar-refractivity contribution in [1.29, 1.82) is 0 Å². The molecule has 3 N–H and O–H groups in total. The molecule has 0 aliphatic rings. The number of anilines is 1. The smallest absolute Gasteiger partial charge is 0.238 e. The molecule has 0 fully saturated rings. The molecule has 0 atom stereocenters. The average Bonchev–Trinajstić information content (AvgIpc) is 3.06. The van der Waals surface area contributed by atoms with Crippen LogP contribution in [-0.4, -0.2) is 18.2 Å². The van der Waals surface area contributed by atoms with Gasteiger partial charge in [0.05, 0.1) is 17.1 Å². The summed E-state index contributed by atoms with van der Waals surface area (Å²) in [7, 11) is 0. The van der Waals surface area contributed by atoms with Crippen LogP contribution in [0.1, 0.15) is 66.2 Å². The predicted octanol–water partition coefficient (Wildman–Crippen LogP) is 5.43. The van der Waals surface area contributed by atoms with E-state index in [1.807, 2.05) is 6.07 Å². The number of carbonyl (C=O) groups is 2. The van der Waals surface area contributed by atoms with Gasteiger partial charge in [0.1, 0.15) is 5.00 Å². The van der Waals surface area contributed by atoms with Crippen LogP contribution in [0.4, 0.5) is 5.00 Å². The number of unbranched alkanes of at least 4 members (excludes halogenated alkanes) is 5. The van der Waals surface area contributed by atoms with Crippen molar-refractivity contribution in [2.24, 2.45) is 5.73 Å². The van der Waals surface area contributed by atoms with Crippen molar-refractivity contribution in [3.05, 3.63) is 51.4 Å². The van der Waals surface area contributed by atoms with Gasteiger partial charge in [-0.25, -0.2) is 0 Å². The molecule has 0 saturated heterocycles. The SMILES string of the molecule is CCCCCCCCc1cc(C(=O)c2ccccc2Cl)c(NC(=O)CN)s1. The maximum absolute atomic E-state index is 13.0. The number of nitrogens with one attached hydrogen (secondary N) is 1. The van der Waals surface area contributed by atoms with Crippen LogP contribution < -0.4 is 11.1 Å². The summed E-state index contributed by atoms with van der Waals surface area (Å²) in [5.74, 6) is -0.491. The molecule has 0 unspecified atom stereocenters. The molecule has 146 valence electrons. The lowest BCUT2D eigenvalue weighted by atomic mass is 10.0. The third-order valence-corrected chi connectivity index (χ3v) is 5.80. The van der Waals surface area contributed by atoms with Gasteiger partial charge in [-0.05, 0) is 31.0 Å². The minimum atomic E-state index is -0.309. The number of amides is 1. The highest BCUT2D eigenvalue weighted by Crippen LogP contribution is 2.32. The zero-order chi connectivity index (χ0) is 19.6. The first-order valence-corrected chi connectivity index (χ1v) is 10.7. The molecule has 0 aliphatic heterocycles. The van der Waals surface area contributed by atoms with Crippen molar-refractivity contribution in [3.8, 4) is 0 Å². The topological polar surface area (TPSA) is 72.2 Å². The van der Waals surface area contributed by atoms with Gasteiger partial charge in [-0.3, -0.25) is 9.59 Å². The van der Waals surface area contributed by atoms with E-state index in [9.17, 15) is 9.59 Å². The summed E-state index contributed by atoms with van der Waals surface area (Å²) in [6.45, 7) is 2.09. The Morgan fingerprint density at radius 3 is 2.48 bits per heavy atom. The molecule has 1 heterocycles. The summed E-state index contributed by atoms with van der Waals surface area (Å²) >= 11 is 7.63. The molecule has 0 bridgehead atoms. The summed E-state index contributed by atoms with van der Waals surface area (Å²) < 4.78 is 0. The highest BCUT2D eigenvalue weighted by molar-refractivity contribution is 7.16. The quantitative estimate of drug-likeness (QED) is 0.386. The van der Waals surface area contributed by atoms with Crippen LogP contribution in [0, 0.1) is 0 Å². The third-order valence-electron chi connectivity index (χ3n) is 4.36. The predicted molar refractivity (Wildman–Crippen MR) is 114 cm³/mol. The van der Waals surface area contributed by atoms with Gasteiger partial charge in [-0.2, -0.15) is 0 Å². The van der Waals surface area contributed by atoms with Gasteiger partial charge in [0.15, 0.2) is 5.78 Å². The van der Waals surface area contributed by atoms with Crippen molar-refractivity contribution >= 4 is 39.6 Å². The van der Waals surface area contributed by atoms with E-state index in [1.54, 1.807) is 24.3 Å². The Kier molecular flexibility index (Phi) is 8.98. The van der Waals surface area contributed by atoms with Crippen LogP contribution in [-0.2, 0) is 11.2 Å². The Hall–Kier alpha value is -1.69. The number of halogens is 1. The molecule has 1 amide bonds. The van der Waals surface area contributed by atoms with E-state index < -0.39 is 0 Å².